The van der Waals surface area contributed by atoms with Gasteiger partial charge in [-0.25, -0.2) is 9.78 Å². The Hall–Kier alpha value is -5.01. The number of aromatic nitrogens is 4. The zero-order valence-corrected chi connectivity index (χ0v) is 35.2. The number of rotatable bonds is 7. The van der Waals surface area contributed by atoms with Crippen LogP contribution in [0.2, 0.25) is 0 Å². The van der Waals surface area contributed by atoms with Crippen LogP contribution in [0.25, 0.3) is 11.3 Å². The maximum atomic E-state index is 12.5. The van der Waals surface area contributed by atoms with E-state index < -0.39 is 5.60 Å². The van der Waals surface area contributed by atoms with Gasteiger partial charge in [-0.2, -0.15) is 5.10 Å². The highest BCUT2D eigenvalue weighted by Gasteiger charge is 2.34. The number of amides is 1. The molecule has 3 fully saturated rings. The molecule has 5 aliphatic heterocycles. The van der Waals surface area contributed by atoms with Crippen LogP contribution in [0.1, 0.15) is 93.0 Å². The molecule has 13 heteroatoms. The standard InChI is InChI=1S/C46H59N9O4/c1-32(56)53-21-15-41-39(31-53)44(49-55(41)38-16-26-58-27-17-38)54-18-5-6-34-28-40(47-30-42(34)54)35-9-12-43(48-29-35)52-19-13-37(14-20-52)51-24-22-50(23-25-51)36-10-7-33(8-11-36)45(57)59-46(2,3)4/h7-12,28-30,37-38H,5-6,13-27,31H2,1-4H3. The number of ether oxygens (including phenoxy) is 2. The topological polar surface area (TPSA) is 112 Å². The molecule has 8 heterocycles. The highest BCUT2D eigenvalue weighted by atomic mass is 16.6. The average molecular weight is 802 g/mol. The normalized spacial score (nSPS) is 19.7. The van der Waals surface area contributed by atoms with Crippen LogP contribution in [-0.4, -0.2) is 119 Å². The lowest BCUT2D eigenvalue weighted by molar-refractivity contribution is -0.129. The third-order valence-electron chi connectivity index (χ3n) is 12.9. The fraction of sp³-hybridized carbons (Fsp3) is 0.543. The maximum Gasteiger partial charge on any atom is 0.338 e. The van der Waals surface area contributed by atoms with E-state index in [-0.39, 0.29) is 11.9 Å². The summed E-state index contributed by atoms with van der Waals surface area (Å²) in [7, 11) is 0. The first-order valence-corrected chi connectivity index (χ1v) is 21.8. The van der Waals surface area contributed by atoms with Gasteiger partial charge < -0.3 is 29.1 Å². The van der Waals surface area contributed by atoms with E-state index in [1.165, 1.54) is 16.8 Å². The van der Waals surface area contributed by atoms with Crippen molar-refractivity contribution in [2.45, 2.75) is 96.9 Å². The molecule has 4 aromatic rings. The quantitative estimate of drug-likeness (QED) is 0.193. The number of nitrogens with zero attached hydrogens (tertiary/aromatic N) is 9. The van der Waals surface area contributed by atoms with Crippen LogP contribution in [0, 0.1) is 0 Å². The van der Waals surface area contributed by atoms with Crippen LogP contribution >= 0.6 is 0 Å². The lowest BCUT2D eigenvalue weighted by Crippen LogP contribution is -2.53. The van der Waals surface area contributed by atoms with E-state index in [9.17, 15) is 9.59 Å². The summed E-state index contributed by atoms with van der Waals surface area (Å²) >= 11 is 0. The molecule has 0 atom stereocenters. The third kappa shape index (κ3) is 8.41. The van der Waals surface area contributed by atoms with Gasteiger partial charge in [-0.3, -0.25) is 19.4 Å². The lowest BCUT2D eigenvalue weighted by Gasteiger charge is -2.43. The van der Waals surface area contributed by atoms with Gasteiger partial charge in [0.05, 0.1) is 35.7 Å². The van der Waals surface area contributed by atoms with Crippen molar-refractivity contribution in [2.75, 3.05) is 80.3 Å². The summed E-state index contributed by atoms with van der Waals surface area (Å²) in [6.07, 6.45) is 11.0. The number of benzene rings is 1. The first-order valence-electron chi connectivity index (χ1n) is 21.8. The molecule has 59 heavy (non-hydrogen) atoms. The van der Waals surface area contributed by atoms with E-state index in [0.717, 1.165) is 145 Å². The number of hydrogen-bond donors (Lipinski definition) is 0. The Morgan fingerprint density at radius 2 is 1.56 bits per heavy atom. The van der Waals surface area contributed by atoms with Crippen LogP contribution in [0.5, 0.6) is 0 Å². The van der Waals surface area contributed by atoms with Gasteiger partial charge in [0.2, 0.25) is 5.91 Å². The molecule has 1 amide bonds. The summed E-state index contributed by atoms with van der Waals surface area (Å²) in [5.74, 6) is 1.84. The van der Waals surface area contributed by atoms with Gasteiger partial charge in [0, 0.05) is 114 Å². The monoisotopic (exact) mass is 801 g/mol. The van der Waals surface area contributed by atoms with E-state index in [1.54, 1.807) is 6.92 Å². The number of fused-ring (bicyclic) bond motifs is 2. The second-order valence-electron chi connectivity index (χ2n) is 17.9. The highest BCUT2D eigenvalue weighted by molar-refractivity contribution is 5.90. The molecule has 312 valence electrons. The summed E-state index contributed by atoms with van der Waals surface area (Å²) < 4.78 is 13.5. The number of aryl methyl sites for hydroxylation is 1. The summed E-state index contributed by atoms with van der Waals surface area (Å²) in [6, 6.07) is 15.3. The molecular weight excluding hydrogens is 743 g/mol. The van der Waals surface area contributed by atoms with Crippen molar-refractivity contribution in [1.29, 1.82) is 0 Å². The largest absolute Gasteiger partial charge is 0.456 e. The van der Waals surface area contributed by atoms with Crippen LogP contribution in [0.3, 0.4) is 0 Å². The molecule has 0 aliphatic carbocycles. The molecule has 3 aromatic heterocycles. The minimum absolute atomic E-state index is 0.114. The van der Waals surface area contributed by atoms with Gasteiger partial charge in [0.1, 0.15) is 11.4 Å². The van der Waals surface area contributed by atoms with Crippen LogP contribution in [0.4, 0.5) is 23.0 Å². The Morgan fingerprint density at radius 1 is 0.797 bits per heavy atom. The van der Waals surface area contributed by atoms with Gasteiger partial charge in [-0.1, -0.05) is 0 Å². The van der Waals surface area contributed by atoms with Crippen molar-refractivity contribution in [3.05, 3.63) is 77.2 Å². The molecule has 5 aliphatic rings. The molecule has 9 rings (SSSR count). The van der Waals surface area contributed by atoms with Crippen LogP contribution in [0.15, 0.2) is 54.9 Å². The molecule has 13 nitrogen and oxygen atoms in total. The molecule has 0 N–H and O–H groups in total. The van der Waals surface area contributed by atoms with Crippen molar-refractivity contribution in [1.82, 2.24) is 29.5 Å². The number of esters is 1. The average Bonchev–Trinajstić information content (AvgIpc) is 3.65. The second kappa shape index (κ2) is 16.6. The molecule has 0 saturated carbocycles. The number of piperazine rings is 1. The SMILES string of the molecule is CC(=O)N1CCc2c(c(N3CCCc4cc(-c5ccc(N6CCC(N7CCN(c8ccc(C(=O)OC(C)(C)C)cc8)CC7)CC6)nc5)ncc43)nn2C2CCOCC2)C1. The third-order valence-corrected chi connectivity index (χ3v) is 12.9. The summed E-state index contributed by atoms with van der Waals surface area (Å²) in [5.41, 5.74) is 8.06. The predicted molar refractivity (Wildman–Crippen MR) is 230 cm³/mol. The van der Waals surface area contributed by atoms with Crippen molar-refractivity contribution in [2.24, 2.45) is 0 Å². The fourth-order valence-electron chi connectivity index (χ4n) is 9.68. The summed E-state index contributed by atoms with van der Waals surface area (Å²) in [6.45, 7) is 17.1. The summed E-state index contributed by atoms with van der Waals surface area (Å²) in [5, 5.41) is 5.32. The van der Waals surface area contributed by atoms with Crippen molar-refractivity contribution in [3.8, 4) is 11.3 Å². The van der Waals surface area contributed by atoms with Gasteiger partial charge in [-0.15, -0.1) is 0 Å². The molecule has 1 aromatic carbocycles. The Bertz CT molecular complexity index is 2120. The number of carbonyl (C=O) groups is 2. The maximum absolute atomic E-state index is 12.5. The fourth-order valence-corrected chi connectivity index (χ4v) is 9.68. The highest BCUT2D eigenvalue weighted by Crippen LogP contribution is 2.40. The van der Waals surface area contributed by atoms with E-state index >= 15 is 0 Å². The summed E-state index contributed by atoms with van der Waals surface area (Å²) in [4.78, 5) is 46.7. The van der Waals surface area contributed by atoms with Crippen molar-refractivity contribution in [3.63, 3.8) is 0 Å². The Labute approximate surface area is 348 Å². The van der Waals surface area contributed by atoms with E-state index in [0.29, 0.717) is 24.2 Å². The Kier molecular flexibility index (Phi) is 11.1. The Balaban J connectivity index is 0.815. The van der Waals surface area contributed by atoms with Crippen LogP contribution in [-0.2, 0) is 33.7 Å². The number of piperidine rings is 1. The van der Waals surface area contributed by atoms with E-state index in [1.807, 2.05) is 62.3 Å². The molecule has 0 bridgehead atoms. The van der Waals surface area contributed by atoms with Crippen molar-refractivity contribution >= 4 is 34.9 Å². The zero-order chi connectivity index (χ0) is 40.7. The first-order chi connectivity index (χ1) is 28.6. The molecular formula is C46H59N9O4. The molecule has 3 saturated heterocycles. The number of anilines is 4. The first kappa shape index (κ1) is 39.5. The number of carbonyl (C=O) groups excluding carboxylic acids is 2. The second-order valence-corrected chi connectivity index (χ2v) is 17.9. The van der Waals surface area contributed by atoms with Gasteiger partial charge in [0.25, 0.3) is 0 Å². The minimum Gasteiger partial charge on any atom is -0.456 e. The van der Waals surface area contributed by atoms with E-state index in [2.05, 4.69) is 42.5 Å². The van der Waals surface area contributed by atoms with Gasteiger partial charge in [-0.05, 0) is 107 Å². The van der Waals surface area contributed by atoms with Crippen molar-refractivity contribution < 1.29 is 19.1 Å². The van der Waals surface area contributed by atoms with E-state index in [4.69, 9.17) is 24.5 Å². The smallest absolute Gasteiger partial charge is 0.338 e. The number of pyridine rings is 2. The zero-order valence-electron chi connectivity index (χ0n) is 35.2. The predicted octanol–water partition coefficient (Wildman–Crippen LogP) is 6.43. The van der Waals surface area contributed by atoms with Gasteiger partial charge in [0.15, 0.2) is 5.82 Å². The number of hydrogen-bond acceptors (Lipinski definition) is 11. The Morgan fingerprint density at radius 3 is 2.25 bits per heavy atom. The minimum atomic E-state index is -0.503. The molecule has 0 radical (unpaired) electrons. The molecule has 0 spiro atoms. The molecule has 0 unspecified atom stereocenters. The lowest BCUT2D eigenvalue weighted by atomic mass is 9.99. The van der Waals surface area contributed by atoms with Gasteiger partial charge >= 0.3 is 5.97 Å². The van der Waals surface area contributed by atoms with Crippen LogP contribution < -0.4 is 14.7 Å².